The Bertz CT molecular complexity index is 1200. The summed E-state index contributed by atoms with van der Waals surface area (Å²) in [7, 11) is 0. The first kappa shape index (κ1) is 23.4. The van der Waals surface area contributed by atoms with Gasteiger partial charge in [-0.1, -0.05) is 68.4 Å². The van der Waals surface area contributed by atoms with Gasteiger partial charge in [0.1, 0.15) is 5.82 Å². The lowest BCUT2D eigenvalue weighted by Gasteiger charge is -2.44. The molecule has 0 atom stereocenters. The predicted octanol–water partition coefficient (Wildman–Crippen LogP) is 6.87. The standard InChI is InChI=1S/C30H34FN3O/c1-21(2)26-12-6-4-10-23(26)19-34-28-14-7-5-11-24(28)20-33(30(34)35)25-15-17-32(18-16-25)29-22(3)9-8-13-27(29)31/h4-14,21,25H,15-20H2,1-3H3. The zero-order valence-electron chi connectivity index (χ0n) is 20.9. The Labute approximate surface area is 208 Å². The molecule has 1 fully saturated rings. The Morgan fingerprint density at radius 1 is 0.943 bits per heavy atom. The van der Waals surface area contributed by atoms with Crippen LogP contribution in [0.3, 0.4) is 0 Å². The van der Waals surface area contributed by atoms with Gasteiger partial charge in [0.05, 0.1) is 17.9 Å². The molecule has 0 N–H and O–H groups in total. The predicted molar refractivity (Wildman–Crippen MR) is 140 cm³/mol. The molecular weight excluding hydrogens is 437 g/mol. The van der Waals surface area contributed by atoms with Crippen LogP contribution in [0, 0.1) is 12.7 Å². The van der Waals surface area contributed by atoms with Crippen molar-refractivity contribution in [2.24, 2.45) is 0 Å². The van der Waals surface area contributed by atoms with Gasteiger partial charge in [0, 0.05) is 25.7 Å². The Hall–Kier alpha value is -3.34. The SMILES string of the molecule is Cc1cccc(F)c1N1CCC(N2Cc3ccccc3N(Cc3ccccc3C(C)C)C2=O)CC1. The van der Waals surface area contributed by atoms with E-state index in [1.165, 1.54) is 22.8 Å². The Kier molecular flexibility index (Phi) is 6.50. The number of halogens is 1. The van der Waals surface area contributed by atoms with Crippen molar-refractivity contribution in [2.45, 2.75) is 58.7 Å². The second kappa shape index (κ2) is 9.73. The number of amides is 2. The number of benzene rings is 3. The van der Waals surface area contributed by atoms with E-state index >= 15 is 0 Å². The summed E-state index contributed by atoms with van der Waals surface area (Å²) in [6.45, 7) is 9.03. The van der Waals surface area contributed by atoms with Crippen LogP contribution in [0.5, 0.6) is 0 Å². The first-order chi connectivity index (χ1) is 16.9. The van der Waals surface area contributed by atoms with Crippen LogP contribution in [0.4, 0.5) is 20.6 Å². The van der Waals surface area contributed by atoms with Crippen LogP contribution in [0.2, 0.25) is 0 Å². The number of aryl methyl sites for hydroxylation is 1. The molecule has 0 saturated carbocycles. The van der Waals surface area contributed by atoms with E-state index in [0.717, 1.165) is 37.2 Å². The molecule has 1 saturated heterocycles. The van der Waals surface area contributed by atoms with Crippen molar-refractivity contribution >= 4 is 17.4 Å². The van der Waals surface area contributed by atoms with Gasteiger partial charge in [-0.05, 0) is 60.1 Å². The smallest absolute Gasteiger partial charge is 0.325 e. The van der Waals surface area contributed by atoms with E-state index in [0.29, 0.717) is 24.7 Å². The Morgan fingerprint density at radius 3 is 2.40 bits per heavy atom. The van der Waals surface area contributed by atoms with E-state index in [9.17, 15) is 9.18 Å². The number of urea groups is 1. The largest absolute Gasteiger partial charge is 0.369 e. The minimum Gasteiger partial charge on any atom is -0.369 e. The van der Waals surface area contributed by atoms with Crippen molar-refractivity contribution < 1.29 is 9.18 Å². The third-order valence-corrected chi connectivity index (χ3v) is 7.52. The molecular formula is C30H34FN3O. The summed E-state index contributed by atoms with van der Waals surface area (Å²) < 4.78 is 14.5. The third kappa shape index (κ3) is 4.52. The van der Waals surface area contributed by atoms with E-state index in [4.69, 9.17) is 0 Å². The highest BCUT2D eigenvalue weighted by molar-refractivity contribution is 5.95. The van der Waals surface area contributed by atoms with Crippen LogP contribution >= 0.6 is 0 Å². The topological polar surface area (TPSA) is 26.8 Å². The highest BCUT2D eigenvalue weighted by Gasteiger charge is 2.36. The fourth-order valence-corrected chi connectivity index (χ4v) is 5.69. The zero-order chi connectivity index (χ0) is 24.5. The molecule has 5 heteroatoms. The van der Waals surface area contributed by atoms with Gasteiger partial charge in [-0.15, -0.1) is 0 Å². The van der Waals surface area contributed by atoms with E-state index in [1.807, 2.05) is 28.9 Å². The van der Waals surface area contributed by atoms with Crippen LogP contribution in [-0.2, 0) is 13.1 Å². The summed E-state index contributed by atoms with van der Waals surface area (Å²) in [6.07, 6.45) is 1.66. The summed E-state index contributed by atoms with van der Waals surface area (Å²) in [5.41, 5.74) is 6.32. The average Bonchev–Trinajstić information content (AvgIpc) is 2.86. The molecule has 2 aliphatic rings. The third-order valence-electron chi connectivity index (χ3n) is 7.52. The number of fused-ring (bicyclic) bond motifs is 1. The van der Waals surface area contributed by atoms with Gasteiger partial charge in [-0.25, -0.2) is 9.18 Å². The lowest BCUT2D eigenvalue weighted by Crippen LogP contribution is -2.54. The zero-order valence-corrected chi connectivity index (χ0v) is 20.9. The average molecular weight is 472 g/mol. The fourth-order valence-electron chi connectivity index (χ4n) is 5.69. The fraction of sp³-hybridized carbons (Fsp3) is 0.367. The van der Waals surface area contributed by atoms with Gasteiger partial charge >= 0.3 is 6.03 Å². The van der Waals surface area contributed by atoms with Crippen molar-refractivity contribution in [3.05, 3.63) is 94.8 Å². The van der Waals surface area contributed by atoms with E-state index in [1.54, 1.807) is 6.07 Å². The van der Waals surface area contributed by atoms with Gasteiger partial charge < -0.3 is 9.80 Å². The number of hydrogen-bond donors (Lipinski definition) is 0. The van der Waals surface area contributed by atoms with E-state index in [-0.39, 0.29) is 17.9 Å². The number of piperidine rings is 1. The molecule has 0 aliphatic carbocycles. The van der Waals surface area contributed by atoms with Crippen molar-refractivity contribution in [1.82, 2.24) is 4.90 Å². The van der Waals surface area contributed by atoms with Crippen LogP contribution in [0.1, 0.15) is 54.9 Å². The summed E-state index contributed by atoms with van der Waals surface area (Å²) >= 11 is 0. The molecule has 2 aliphatic heterocycles. The molecule has 2 amide bonds. The van der Waals surface area contributed by atoms with E-state index in [2.05, 4.69) is 61.2 Å². The minimum absolute atomic E-state index is 0.0720. The number of para-hydroxylation sites is 2. The van der Waals surface area contributed by atoms with Crippen LogP contribution in [-0.4, -0.2) is 30.1 Å². The number of anilines is 2. The monoisotopic (exact) mass is 471 g/mol. The van der Waals surface area contributed by atoms with Crippen LogP contribution in [0.15, 0.2) is 66.7 Å². The molecule has 0 spiro atoms. The lowest BCUT2D eigenvalue weighted by molar-refractivity contribution is 0.159. The van der Waals surface area contributed by atoms with Gasteiger partial charge in [0.25, 0.3) is 0 Å². The highest BCUT2D eigenvalue weighted by Crippen LogP contribution is 2.35. The van der Waals surface area contributed by atoms with Gasteiger partial charge in [0.15, 0.2) is 0 Å². The second-order valence-electron chi connectivity index (χ2n) is 10.1. The molecule has 0 radical (unpaired) electrons. The number of rotatable bonds is 5. The summed E-state index contributed by atoms with van der Waals surface area (Å²) in [4.78, 5) is 20.0. The molecule has 0 bridgehead atoms. The first-order valence-corrected chi connectivity index (χ1v) is 12.7. The van der Waals surface area contributed by atoms with Crippen LogP contribution < -0.4 is 9.80 Å². The lowest BCUT2D eigenvalue weighted by atomic mass is 9.96. The summed E-state index contributed by atoms with van der Waals surface area (Å²) in [6, 6.07) is 22.2. The van der Waals surface area contributed by atoms with Gasteiger partial charge in [0.2, 0.25) is 0 Å². The molecule has 5 rings (SSSR count). The van der Waals surface area contributed by atoms with Crippen molar-refractivity contribution in [3.8, 4) is 0 Å². The maximum Gasteiger partial charge on any atom is 0.325 e. The molecule has 3 aromatic rings. The van der Waals surface area contributed by atoms with Gasteiger partial charge in [-0.3, -0.25) is 4.90 Å². The molecule has 182 valence electrons. The molecule has 0 unspecified atom stereocenters. The molecule has 0 aromatic heterocycles. The summed E-state index contributed by atoms with van der Waals surface area (Å²) in [5, 5.41) is 0. The number of hydrogen-bond acceptors (Lipinski definition) is 2. The summed E-state index contributed by atoms with van der Waals surface area (Å²) in [5.74, 6) is 0.227. The Morgan fingerprint density at radius 2 is 1.66 bits per heavy atom. The number of nitrogens with zero attached hydrogens (tertiary/aromatic N) is 3. The van der Waals surface area contributed by atoms with Crippen molar-refractivity contribution in [2.75, 3.05) is 22.9 Å². The maximum absolute atomic E-state index is 14.5. The second-order valence-corrected chi connectivity index (χ2v) is 10.1. The highest BCUT2D eigenvalue weighted by atomic mass is 19.1. The quantitative estimate of drug-likeness (QED) is 0.406. The minimum atomic E-state index is -0.165. The van der Waals surface area contributed by atoms with Crippen LogP contribution in [0.25, 0.3) is 0 Å². The number of carbonyl (C=O) groups is 1. The molecule has 2 heterocycles. The van der Waals surface area contributed by atoms with E-state index < -0.39 is 0 Å². The Balaban J connectivity index is 1.38. The molecule has 4 nitrogen and oxygen atoms in total. The van der Waals surface area contributed by atoms with Crippen molar-refractivity contribution in [1.29, 1.82) is 0 Å². The first-order valence-electron chi connectivity index (χ1n) is 12.7. The normalized spacial score (nSPS) is 16.7. The maximum atomic E-state index is 14.5. The van der Waals surface area contributed by atoms with Crippen molar-refractivity contribution in [3.63, 3.8) is 0 Å². The molecule has 35 heavy (non-hydrogen) atoms. The number of carbonyl (C=O) groups excluding carboxylic acids is 1. The van der Waals surface area contributed by atoms with Gasteiger partial charge in [-0.2, -0.15) is 0 Å². The molecule has 3 aromatic carbocycles.